The van der Waals surface area contributed by atoms with E-state index in [0.717, 1.165) is 24.5 Å². The minimum absolute atomic E-state index is 0.0834. The van der Waals surface area contributed by atoms with Crippen molar-refractivity contribution in [3.8, 4) is 0 Å². The van der Waals surface area contributed by atoms with Crippen LogP contribution in [0.4, 0.5) is 5.82 Å². The molecule has 0 bridgehead atoms. The van der Waals surface area contributed by atoms with Crippen molar-refractivity contribution in [3.63, 3.8) is 0 Å². The summed E-state index contributed by atoms with van der Waals surface area (Å²) >= 11 is 0. The Kier molecular flexibility index (Phi) is 4.91. The second-order valence-electron chi connectivity index (χ2n) is 6.27. The van der Waals surface area contributed by atoms with E-state index in [1.54, 1.807) is 6.20 Å². The number of nitrogens with one attached hydrogen (secondary N) is 1. The molecule has 1 N–H and O–H groups in total. The number of piperidine rings is 1. The molecule has 0 spiro atoms. The third kappa shape index (κ3) is 4.09. The fraction of sp³-hybridized carbons (Fsp3) is 0.368. The van der Waals surface area contributed by atoms with Crippen LogP contribution in [0.25, 0.3) is 0 Å². The molecule has 120 valence electrons. The number of benzene rings is 1. The summed E-state index contributed by atoms with van der Waals surface area (Å²) in [4.78, 5) is 19.0. The first-order chi connectivity index (χ1) is 11.2. The lowest BCUT2D eigenvalue weighted by Gasteiger charge is -2.31. The van der Waals surface area contributed by atoms with Crippen molar-refractivity contribution in [1.82, 2.24) is 10.3 Å². The maximum absolute atomic E-state index is 12.2. The highest BCUT2D eigenvalue weighted by Crippen LogP contribution is 2.21. The third-order valence-electron chi connectivity index (χ3n) is 4.29. The average molecular weight is 309 g/mol. The highest BCUT2D eigenvalue weighted by atomic mass is 16.1. The van der Waals surface area contributed by atoms with Gasteiger partial charge in [-0.3, -0.25) is 4.79 Å². The van der Waals surface area contributed by atoms with E-state index in [4.69, 9.17) is 0 Å². The van der Waals surface area contributed by atoms with Crippen LogP contribution in [0.3, 0.4) is 0 Å². The van der Waals surface area contributed by atoms with Gasteiger partial charge in [-0.05, 0) is 36.5 Å². The Morgan fingerprint density at radius 3 is 2.78 bits per heavy atom. The molecule has 0 unspecified atom stereocenters. The molecule has 1 fully saturated rings. The lowest BCUT2D eigenvalue weighted by molar-refractivity contribution is 0.0950. The molecule has 1 aromatic heterocycles. The van der Waals surface area contributed by atoms with Crippen molar-refractivity contribution < 1.29 is 4.79 Å². The summed E-state index contributed by atoms with van der Waals surface area (Å²) in [6, 6.07) is 13.7. The van der Waals surface area contributed by atoms with E-state index < -0.39 is 0 Å². The van der Waals surface area contributed by atoms with Gasteiger partial charge in [0.25, 0.3) is 5.91 Å². The molecule has 1 aliphatic rings. The van der Waals surface area contributed by atoms with Crippen LogP contribution in [0.2, 0.25) is 0 Å². The molecule has 0 radical (unpaired) electrons. The average Bonchev–Trinajstić information content (AvgIpc) is 2.61. The Hall–Kier alpha value is -2.36. The van der Waals surface area contributed by atoms with E-state index in [2.05, 4.69) is 22.1 Å². The number of rotatable bonds is 4. The van der Waals surface area contributed by atoms with Crippen molar-refractivity contribution >= 4 is 11.7 Å². The van der Waals surface area contributed by atoms with Crippen LogP contribution >= 0.6 is 0 Å². The lowest BCUT2D eigenvalue weighted by atomic mass is 10.0. The predicted molar refractivity (Wildman–Crippen MR) is 92.5 cm³/mol. The monoisotopic (exact) mass is 309 g/mol. The summed E-state index contributed by atoms with van der Waals surface area (Å²) in [7, 11) is 0. The van der Waals surface area contributed by atoms with Gasteiger partial charge in [-0.2, -0.15) is 0 Å². The van der Waals surface area contributed by atoms with Gasteiger partial charge in [0.05, 0.1) is 5.56 Å². The van der Waals surface area contributed by atoms with Crippen molar-refractivity contribution in [2.24, 2.45) is 5.92 Å². The number of anilines is 1. The zero-order valence-electron chi connectivity index (χ0n) is 13.5. The van der Waals surface area contributed by atoms with Crippen molar-refractivity contribution in [2.45, 2.75) is 26.3 Å². The maximum Gasteiger partial charge on any atom is 0.253 e. The summed E-state index contributed by atoms with van der Waals surface area (Å²) in [5.74, 6) is 1.59. The molecule has 1 atom stereocenters. The van der Waals surface area contributed by atoms with Crippen LogP contribution < -0.4 is 10.2 Å². The first-order valence-electron chi connectivity index (χ1n) is 8.25. The highest BCUT2D eigenvalue weighted by molar-refractivity contribution is 5.94. The zero-order valence-corrected chi connectivity index (χ0v) is 13.5. The molecule has 2 heterocycles. The molecule has 0 aliphatic carbocycles. The van der Waals surface area contributed by atoms with Gasteiger partial charge < -0.3 is 10.2 Å². The molecule has 2 aromatic rings. The molecule has 4 nitrogen and oxygen atoms in total. The van der Waals surface area contributed by atoms with Gasteiger partial charge in [-0.25, -0.2) is 4.98 Å². The first kappa shape index (κ1) is 15.5. The fourth-order valence-electron chi connectivity index (χ4n) is 2.99. The molecule has 1 aromatic carbocycles. The van der Waals surface area contributed by atoms with Crippen LogP contribution in [0, 0.1) is 5.92 Å². The largest absolute Gasteiger partial charge is 0.356 e. The Morgan fingerprint density at radius 1 is 1.26 bits per heavy atom. The van der Waals surface area contributed by atoms with Crippen LogP contribution in [0.15, 0.2) is 48.7 Å². The Bertz CT molecular complexity index is 639. The van der Waals surface area contributed by atoms with Gasteiger partial charge in [0.15, 0.2) is 0 Å². The van der Waals surface area contributed by atoms with Gasteiger partial charge in [0.1, 0.15) is 5.82 Å². The van der Waals surface area contributed by atoms with E-state index in [0.29, 0.717) is 18.0 Å². The number of amides is 1. The lowest BCUT2D eigenvalue weighted by Crippen LogP contribution is -2.34. The molecular formula is C19H23N3O. The molecule has 1 amide bonds. The van der Waals surface area contributed by atoms with Crippen LogP contribution in [-0.2, 0) is 6.54 Å². The summed E-state index contributed by atoms with van der Waals surface area (Å²) in [5.41, 5.74) is 1.70. The number of aromatic nitrogens is 1. The standard InChI is InChI=1S/C19H23N3O/c1-15-6-5-11-22(14-15)18-10-9-17(13-20-18)19(23)21-12-16-7-3-2-4-8-16/h2-4,7-10,13,15H,5-6,11-12,14H2,1H3,(H,21,23)/t15-/m0/s1. The van der Waals surface area contributed by atoms with Gasteiger partial charge in [-0.15, -0.1) is 0 Å². The van der Waals surface area contributed by atoms with E-state index in [1.807, 2.05) is 42.5 Å². The van der Waals surface area contributed by atoms with Crippen molar-refractivity contribution in [1.29, 1.82) is 0 Å². The number of hydrogen-bond acceptors (Lipinski definition) is 3. The number of pyridine rings is 1. The third-order valence-corrected chi connectivity index (χ3v) is 4.29. The maximum atomic E-state index is 12.2. The SMILES string of the molecule is C[C@H]1CCCN(c2ccc(C(=O)NCc3ccccc3)cn2)C1. The zero-order chi connectivity index (χ0) is 16.1. The van der Waals surface area contributed by atoms with E-state index >= 15 is 0 Å². The van der Waals surface area contributed by atoms with Crippen LogP contribution in [-0.4, -0.2) is 24.0 Å². The fourth-order valence-corrected chi connectivity index (χ4v) is 2.99. The van der Waals surface area contributed by atoms with E-state index in [1.165, 1.54) is 12.8 Å². The van der Waals surface area contributed by atoms with Crippen molar-refractivity contribution in [3.05, 3.63) is 59.8 Å². The summed E-state index contributed by atoms with van der Waals surface area (Å²) in [6.07, 6.45) is 4.17. The summed E-state index contributed by atoms with van der Waals surface area (Å²) in [6.45, 7) is 4.91. The number of carbonyl (C=O) groups is 1. The second kappa shape index (κ2) is 7.27. The Morgan fingerprint density at radius 2 is 2.09 bits per heavy atom. The Labute approximate surface area is 137 Å². The van der Waals surface area contributed by atoms with E-state index in [-0.39, 0.29) is 5.91 Å². The van der Waals surface area contributed by atoms with Gasteiger partial charge in [0, 0.05) is 25.8 Å². The van der Waals surface area contributed by atoms with Crippen molar-refractivity contribution in [2.75, 3.05) is 18.0 Å². The van der Waals surface area contributed by atoms with Gasteiger partial charge >= 0.3 is 0 Å². The predicted octanol–water partition coefficient (Wildman–Crippen LogP) is 3.25. The number of carbonyl (C=O) groups excluding carboxylic acids is 1. The highest BCUT2D eigenvalue weighted by Gasteiger charge is 2.17. The number of nitrogens with zero attached hydrogens (tertiary/aromatic N) is 2. The minimum atomic E-state index is -0.0834. The molecular weight excluding hydrogens is 286 g/mol. The molecule has 1 aliphatic heterocycles. The number of hydrogen-bond donors (Lipinski definition) is 1. The van der Waals surface area contributed by atoms with Gasteiger partial charge in [0.2, 0.25) is 0 Å². The minimum Gasteiger partial charge on any atom is -0.356 e. The smallest absolute Gasteiger partial charge is 0.253 e. The normalized spacial score (nSPS) is 17.8. The topological polar surface area (TPSA) is 45.2 Å². The molecule has 3 rings (SSSR count). The second-order valence-corrected chi connectivity index (χ2v) is 6.27. The van der Waals surface area contributed by atoms with Crippen LogP contribution in [0.5, 0.6) is 0 Å². The van der Waals surface area contributed by atoms with Gasteiger partial charge in [-0.1, -0.05) is 37.3 Å². The quantitative estimate of drug-likeness (QED) is 0.943. The molecule has 4 heteroatoms. The van der Waals surface area contributed by atoms with E-state index in [9.17, 15) is 4.79 Å². The van der Waals surface area contributed by atoms with Crippen LogP contribution in [0.1, 0.15) is 35.7 Å². The molecule has 23 heavy (non-hydrogen) atoms. The Balaban J connectivity index is 1.59. The summed E-state index contributed by atoms with van der Waals surface area (Å²) in [5, 5.41) is 2.93. The summed E-state index contributed by atoms with van der Waals surface area (Å²) < 4.78 is 0. The molecule has 1 saturated heterocycles. The molecule has 0 saturated carbocycles. The first-order valence-corrected chi connectivity index (χ1v) is 8.25.